The Morgan fingerprint density at radius 3 is 2.79 bits per heavy atom. The average molecular weight is 332 g/mol. The van der Waals surface area contributed by atoms with Gasteiger partial charge in [-0.15, -0.1) is 0 Å². The van der Waals surface area contributed by atoms with Crippen molar-refractivity contribution in [1.82, 2.24) is 0 Å². The summed E-state index contributed by atoms with van der Waals surface area (Å²) in [6, 6.07) is 0. The van der Waals surface area contributed by atoms with Gasteiger partial charge in [0.05, 0.1) is 6.10 Å². The van der Waals surface area contributed by atoms with E-state index in [2.05, 4.69) is 19.9 Å². The molecule has 0 aromatic heterocycles. The first-order valence-electron chi connectivity index (χ1n) is 9.88. The topological polar surface area (TPSA) is 46.5 Å². The van der Waals surface area contributed by atoms with Gasteiger partial charge in [-0.25, -0.2) is 0 Å². The zero-order valence-electron chi connectivity index (χ0n) is 15.4. The van der Waals surface area contributed by atoms with Crippen molar-refractivity contribution in [2.75, 3.05) is 0 Å². The minimum Gasteiger partial charge on any atom is -0.459 e. The summed E-state index contributed by atoms with van der Waals surface area (Å²) in [5.41, 5.74) is 2.11. The van der Waals surface area contributed by atoms with Crippen molar-refractivity contribution in [2.45, 2.75) is 84.3 Å². The predicted octanol–water partition coefficient (Wildman–Crippen LogP) is 4.24. The number of carbonyl (C=O) groups is 1. The van der Waals surface area contributed by atoms with Gasteiger partial charge in [-0.2, -0.15) is 0 Å². The van der Waals surface area contributed by atoms with Crippen molar-refractivity contribution < 1.29 is 14.6 Å². The Morgan fingerprint density at radius 2 is 2.04 bits per heavy atom. The fraction of sp³-hybridized carbons (Fsp3) is 0.857. The summed E-state index contributed by atoms with van der Waals surface area (Å²) in [7, 11) is 0. The molecular formula is C21H32O3. The van der Waals surface area contributed by atoms with Crippen LogP contribution in [-0.2, 0) is 9.53 Å². The van der Waals surface area contributed by atoms with Gasteiger partial charge in [0.1, 0.15) is 6.10 Å². The van der Waals surface area contributed by atoms with E-state index in [9.17, 15) is 9.90 Å². The zero-order valence-corrected chi connectivity index (χ0v) is 15.4. The highest BCUT2D eigenvalue weighted by molar-refractivity contribution is 5.66. The van der Waals surface area contributed by atoms with Gasteiger partial charge in [-0.05, 0) is 67.1 Å². The van der Waals surface area contributed by atoms with Gasteiger partial charge in [-0.3, -0.25) is 4.79 Å². The second-order valence-corrected chi connectivity index (χ2v) is 9.47. The minimum absolute atomic E-state index is 0.100. The van der Waals surface area contributed by atoms with Crippen LogP contribution in [0.2, 0.25) is 0 Å². The molecular weight excluding hydrogens is 300 g/mol. The molecule has 3 fully saturated rings. The Morgan fingerprint density at radius 1 is 1.25 bits per heavy atom. The van der Waals surface area contributed by atoms with Crippen molar-refractivity contribution in [3.63, 3.8) is 0 Å². The summed E-state index contributed by atoms with van der Waals surface area (Å²) >= 11 is 0. The molecule has 0 amide bonds. The van der Waals surface area contributed by atoms with E-state index in [0.29, 0.717) is 11.3 Å². The summed E-state index contributed by atoms with van der Waals surface area (Å²) in [6.07, 6.45) is 11.1. The molecule has 24 heavy (non-hydrogen) atoms. The molecule has 0 radical (unpaired) electrons. The Bertz CT molecular complexity index is 567. The van der Waals surface area contributed by atoms with E-state index in [0.717, 1.165) is 24.7 Å². The van der Waals surface area contributed by atoms with Gasteiger partial charge in [-0.1, -0.05) is 31.9 Å². The number of ether oxygens (including phenoxy) is 1. The van der Waals surface area contributed by atoms with Crippen LogP contribution in [0.1, 0.15) is 72.1 Å². The average Bonchev–Trinajstić information content (AvgIpc) is 2.89. The smallest absolute Gasteiger partial charge is 0.303 e. The normalized spacial score (nSPS) is 50.3. The Kier molecular flexibility index (Phi) is 3.87. The molecule has 2 unspecified atom stereocenters. The third-order valence-electron chi connectivity index (χ3n) is 8.21. The highest BCUT2D eigenvalue weighted by atomic mass is 16.6. The van der Waals surface area contributed by atoms with E-state index in [-0.39, 0.29) is 17.5 Å². The molecule has 3 saturated carbocycles. The second-order valence-electron chi connectivity index (χ2n) is 9.47. The van der Waals surface area contributed by atoms with Gasteiger partial charge in [0.15, 0.2) is 0 Å². The summed E-state index contributed by atoms with van der Waals surface area (Å²) in [5, 5.41) is 10.6. The van der Waals surface area contributed by atoms with Gasteiger partial charge in [0.25, 0.3) is 0 Å². The monoisotopic (exact) mass is 332 g/mol. The summed E-state index contributed by atoms with van der Waals surface area (Å²) in [6.45, 7) is 6.34. The highest BCUT2D eigenvalue weighted by Crippen LogP contribution is 2.64. The number of carbonyl (C=O) groups excluding carboxylic acids is 1. The summed E-state index contributed by atoms with van der Waals surface area (Å²) < 4.78 is 5.39. The molecule has 7 atom stereocenters. The van der Waals surface area contributed by atoms with E-state index in [1.165, 1.54) is 51.0 Å². The number of rotatable bonds is 1. The van der Waals surface area contributed by atoms with E-state index in [1.807, 2.05) is 0 Å². The van der Waals surface area contributed by atoms with Crippen LogP contribution in [0.3, 0.4) is 0 Å². The van der Waals surface area contributed by atoms with Crippen molar-refractivity contribution in [1.29, 1.82) is 0 Å². The van der Waals surface area contributed by atoms with Crippen LogP contribution in [0.15, 0.2) is 11.6 Å². The van der Waals surface area contributed by atoms with Crippen molar-refractivity contribution in [3.8, 4) is 0 Å². The summed E-state index contributed by atoms with van der Waals surface area (Å²) in [5.74, 6) is 2.07. The third kappa shape index (κ3) is 2.38. The van der Waals surface area contributed by atoms with Crippen molar-refractivity contribution in [2.24, 2.45) is 28.6 Å². The van der Waals surface area contributed by atoms with Crippen molar-refractivity contribution in [3.05, 3.63) is 11.6 Å². The minimum atomic E-state index is -0.522. The molecule has 3 nitrogen and oxygen atoms in total. The number of hydrogen-bond acceptors (Lipinski definition) is 3. The van der Waals surface area contributed by atoms with Crippen LogP contribution in [0.25, 0.3) is 0 Å². The van der Waals surface area contributed by atoms with Crippen LogP contribution in [0, 0.1) is 28.6 Å². The fourth-order valence-corrected chi connectivity index (χ4v) is 7.00. The fourth-order valence-electron chi connectivity index (χ4n) is 7.00. The van der Waals surface area contributed by atoms with E-state index in [4.69, 9.17) is 4.74 Å². The molecule has 4 aliphatic carbocycles. The lowest BCUT2D eigenvalue weighted by Crippen LogP contribution is -2.52. The molecule has 0 spiro atoms. The summed E-state index contributed by atoms with van der Waals surface area (Å²) in [4.78, 5) is 11.3. The molecule has 0 heterocycles. The van der Waals surface area contributed by atoms with E-state index >= 15 is 0 Å². The number of aliphatic hydroxyl groups excluding tert-OH is 1. The molecule has 0 aromatic carbocycles. The SMILES string of the molecule is CC(=O)OC1CC2=CC[C@@H]3[C@@H](CC[C@]4(C)CCC[C@@H]34)[C@@]2(C)CC1O. The molecule has 1 N–H and O–H groups in total. The Balaban J connectivity index is 1.62. The van der Waals surface area contributed by atoms with Crippen LogP contribution >= 0.6 is 0 Å². The highest BCUT2D eigenvalue weighted by Gasteiger charge is 2.57. The standard InChI is InChI=1S/C21H32O3/c1-13(22)24-19-11-14-6-7-15-16-5-4-9-20(16,2)10-8-17(15)21(14,3)12-18(19)23/h6,15-19,23H,4-5,7-12H2,1-3H3/t15-,16-,17+,18?,19?,20-,21-/m0/s1. The van der Waals surface area contributed by atoms with Crippen LogP contribution in [0.4, 0.5) is 0 Å². The van der Waals surface area contributed by atoms with Crippen LogP contribution < -0.4 is 0 Å². The molecule has 3 heteroatoms. The van der Waals surface area contributed by atoms with Crippen LogP contribution in [0.5, 0.6) is 0 Å². The lowest BCUT2D eigenvalue weighted by Gasteiger charge is -2.58. The molecule has 4 rings (SSSR count). The third-order valence-corrected chi connectivity index (χ3v) is 8.21. The number of esters is 1. The maximum Gasteiger partial charge on any atom is 0.303 e. The Hall–Kier alpha value is -0.830. The maximum absolute atomic E-state index is 11.3. The molecule has 0 saturated heterocycles. The van der Waals surface area contributed by atoms with Gasteiger partial charge in [0, 0.05) is 13.3 Å². The lowest BCUT2D eigenvalue weighted by molar-refractivity contribution is -0.158. The molecule has 0 aliphatic heterocycles. The number of aliphatic hydroxyl groups is 1. The molecule has 134 valence electrons. The van der Waals surface area contributed by atoms with E-state index in [1.54, 1.807) is 0 Å². The molecule has 0 bridgehead atoms. The van der Waals surface area contributed by atoms with Gasteiger partial charge < -0.3 is 9.84 Å². The predicted molar refractivity (Wildman–Crippen MR) is 93.3 cm³/mol. The first-order chi connectivity index (χ1) is 11.3. The second kappa shape index (κ2) is 5.59. The first kappa shape index (κ1) is 16.6. The number of fused-ring (bicyclic) bond motifs is 5. The first-order valence-corrected chi connectivity index (χ1v) is 9.88. The quantitative estimate of drug-likeness (QED) is 0.577. The molecule has 4 aliphatic rings. The van der Waals surface area contributed by atoms with Gasteiger partial charge >= 0.3 is 5.97 Å². The number of allylic oxidation sites excluding steroid dienone is 1. The maximum atomic E-state index is 11.3. The van der Waals surface area contributed by atoms with Gasteiger partial charge in [0.2, 0.25) is 0 Å². The van der Waals surface area contributed by atoms with E-state index < -0.39 is 6.10 Å². The molecule has 0 aromatic rings. The Labute approximate surface area is 145 Å². The van der Waals surface area contributed by atoms with Crippen LogP contribution in [-0.4, -0.2) is 23.3 Å². The number of hydrogen-bond donors (Lipinski definition) is 1. The largest absolute Gasteiger partial charge is 0.459 e. The zero-order chi connectivity index (χ0) is 17.1. The lowest BCUT2D eigenvalue weighted by atomic mass is 9.48. The van der Waals surface area contributed by atoms with Crippen molar-refractivity contribution >= 4 is 5.97 Å².